The summed E-state index contributed by atoms with van der Waals surface area (Å²) in [4.78, 5) is 45.6. The molecule has 0 saturated heterocycles. The van der Waals surface area contributed by atoms with Gasteiger partial charge in [-0.25, -0.2) is 4.79 Å². The molecule has 1 aromatic carbocycles. The van der Waals surface area contributed by atoms with Crippen molar-refractivity contribution in [1.29, 1.82) is 0 Å². The molecule has 0 aliphatic rings. The first-order valence-corrected chi connectivity index (χ1v) is 7.69. The van der Waals surface area contributed by atoms with Gasteiger partial charge in [0.15, 0.2) is 0 Å². The van der Waals surface area contributed by atoms with Crippen molar-refractivity contribution >= 4 is 23.8 Å². The Labute approximate surface area is 149 Å². The molecule has 0 aliphatic carbocycles. The number of nitrogens with two attached hydrogens (primary N) is 1. The molecule has 0 aliphatic heterocycles. The molecule has 0 aromatic heterocycles. The highest BCUT2D eigenvalue weighted by molar-refractivity contribution is 5.92. The van der Waals surface area contributed by atoms with Crippen molar-refractivity contribution < 1.29 is 34.5 Å². The van der Waals surface area contributed by atoms with Crippen molar-refractivity contribution in [3.63, 3.8) is 0 Å². The van der Waals surface area contributed by atoms with Crippen LogP contribution < -0.4 is 16.4 Å². The lowest BCUT2D eigenvalue weighted by atomic mass is 10.1. The van der Waals surface area contributed by atoms with E-state index in [1.165, 1.54) is 19.1 Å². The highest BCUT2D eigenvalue weighted by Crippen LogP contribution is 2.11. The lowest BCUT2D eigenvalue weighted by molar-refractivity contribution is -0.147. The van der Waals surface area contributed by atoms with E-state index < -0.39 is 48.3 Å². The average Bonchev–Trinajstić information content (AvgIpc) is 2.55. The monoisotopic (exact) mass is 367 g/mol. The number of phenols is 1. The number of phenolic OH excluding ortho intramolecular Hbond substituents is 1. The molecule has 0 bridgehead atoms. The zero-order chi connectivity index (χ0) is 19.9. The number of carboxylic acids is 2. The Morgan fingerprint density at radius 1 is 1.04 bits per heavy atom. The summed E-state index contributed by atoms with van der Waals surface area (Å²) in [6.07, 6.45) is -0.626. The van der Waals surface area contributed by atoms with E-state index in [4.69, 9.17) is 15.9 Å². The number of carbonyl (C=O) groups excluding carboxylic acids is 2. The lowest BCUT2D eigenvalue weighted by Crippen LogP contribution is -2.53. The number of benzene rings is 1. The molecule has 0 heterocycles. The van der Waals surface area contributed by atoms with Crippen LogP contribution in [-0.4, -0.2) is 57.2 Å². The Bertz CT molecular complexity index is 675. The van der Waals surface area contributed by atoms with E-state index in [-0.39, 0.29) is 12.2 Å². The minimum absolute atomic E-state index is 0.0754. The van der Waals surface area contributed by atoms with Crippen molar-refractivity contribution in [2.24, 2.45) is 5.73 Å². The molecule has 3 unspecified atom stereocenters. The summed E-state index contributed by atoms with van der Waals surface area (Å²) in [5.74, 6) is -4.28. The predicted molar refractivity (Wildman–Crippen MR) is 89.2 cm³/mol. The summed E-state index contributed by atoms with van der Waals surface area (Å²) >= 11 is 0. The zero-order valence-corrected chi connectivity index (χ0v) is 14.0. The summed E-state index contributed by atoms with van der Waals surface area (Å²) in [5.41, 5.74) is 6.48. The van der Waals surface area contributed by atoms with Crippen LogP contribution in [-0.2, 0) is 25.6 Å². The van der Waals surface area contributed by atoms with Gasteiger partial charge in [-0.15, -0.1) is 0 Å². The third-order valence-corrected chi connectivity index (χ3v) is 3.47. The quantitative estimate of drug-likeness (QED) is 0.315. The van der Waals surface area contributed by atoms with E-state index in [9.17, 15) is 24.3 Å². The smallest absolute Gasteiger partial charge is 0.326 e. The molecule has 26 heavy (non-hydrogen) atoms. The number of hydrogen-bond acceptors (Lipinski definition) is 6. The van der Waals surface area contributed by atoms with Crippen LogP contribution in [0.25, 0.3) is 0 Å². The summed E-state index contributed by atoms with van der Waals surface area (Å²) in [6.45, 7) is 1.32. The van der Waals surface area contributed by atoms with Crippen LogP contribution in [0.2, 0.25) is 0 Å². The number of aromatic hydroxyl groups is 1. The van der Waals surface area contributed by atoms with Crippen LogP contribution >= 0.6 is 0 Å². The first-order valence-electron chi connectivity index (χ1n) is 7.69. The van der Waals surface area contributed by atoms with Crippen LogP contribution in [0, 0.1) is 0 Å². The number of carboxylic acid groups (broad SMARTS) is 2. The maximum Gasteiger partial charge on any atom is 0.326 e. The highest BCUT2D eigenvalue weighted by atomic mass is 16.4. The van der Waals surface area contributed by atoms with E-state index in [0.29, 0.717) is 5.56 Å². The summed E-state index contributed by atoms with van der Waals surface area (Å²) in [5, 5.41) is 31.1. The number of carbonyl (C=O) groups is 4. The molecule has 1 aromatic rings. The Morgan fingerprint density at radius 3 is 2.12 bits per heavy atom. The van der Waals surface area contributed by atoms with Gasteiger partial charge in [0.25, 0.3) is 0 Å². The first-order chi connectivity index (χ1) is 12.1. The molecule has 7 N–H and O–H groups in total. The summed E-state index contributed by atoms with van der Waals surface area (Å²) in [7, 11) is 0. The Kier molecular flexibility index (Phi) is 7.53. The van der Waals surface area contributed by atoms with E-state index in [1.54, 1.807) is 12.1 Å². The van der Waals surface area contributed by atoms with Crippen LogP contribution in [0.1, 0.15) is 18.9 Å². The van der Waals surface area contributed by atoms with Crippen molar-refractivity contribution in [1.82, 2.24) is 10.6 Å². The number of amides is 2. The molecular weight excluding hydrogens is 346 g/mol. The normalized spacial score (nSPS) is 13.9. The van der Waals surface area contributed by atoms with Crippen LogP contribution in [0.5, 0.6) is 5.75 Å². The molecule has 10 heteroatoms. The minimum atomic E-state index is -1.61. The molecule has 0 saturated carbocycles. The summed E-state index contributed by atoms with van der Waals surface area (Å²) < 4.78 is 0. The van der Waals surface area contributed by atoms with Crippen molar-refractivity contribution in [2.45, 2.75) is 37.9 Å². The van der Waals surface area contributed by atoms with E-state index in [1.807, 2.05) is 5.32 Å². The maximum absolute atomic E-state index is 12.1. The molecular formula is C16H21N3O7. The topological polar surface area (TPSA) is 179 Å². The SMILES string of the molecule is CC(NC(=O)C(N)Cc1ccc(O)cc1)C(=O)NC(CC(=O)O)C(=O)O. The van der Waals surface area contributed by atoms with Gasteiger partial charge >= 0.3 is 11.9 Å². The van der Waals surface area contributed by atoms with Crippen LogP contribution in [0.15, 0.2) is 24.3 Å². The van der Waals surface area contributed by atoms with Gasteiger partial charge in [0.2, 0.25) is 11.8 Å². The molecule has 0 fully saturated rings. The average molecular weight is 367 g/mol. The van der Waals surface area contributed by atoms with Gasteiger partial charge in [-0.2, -0.15) is 0 Å². The van der Waals surface area contributed by atoms with Gasteiger partial charge < -0.3 is 31.7 Å². The third kappa shape index (κ3) is 6.77. The van der Waals surface area contributed by atoms with Crippen molar-refractivity contribution in [2.75, 3.05) is 0 Å². The van der Waals surface area contributed by atoms with Gasteiger partial charge in [-0.1, -0.05) is 12.1 Å². The van der Waals surface area contributed by atoms with Gasteiger partial charge in [0.05, 0.1) is 12.5 Å². The van der Waals surface area contributed by atoms with Crippen molar-refractivity contribution in [3.8, 4) is 5.75 Å². The van der Waals surface area contributed by atoms with Crippen LogP contribution in [0.3, 0.4) is 0 Å². The van der Waals surface area contributed by atoms with Crippen LogP contribution in [0.4, 0.5) is 0 Å². The Hall–Kier alpha value is -3.14. The number of nitrogens with one attached hydrogen (secondary N) is 2. The fourth-order valence-corrected chi connectivity index (χ4v) is 2.04. The number of hydrogen-bond donors (Lipinski definition) is 6. The second-order valence-electron chi connectivity index (χ2n) is 5.70. The maximum atomic E-state index is 12.1. The second kappa shape index (κ2) is 9.37. The molecule has 0 spiro atoms. The van der Waals surface area contributed by atoms with E-state index in [0.717, 1.165) is 0 Å². The lowest BCUT2D eigenvalue weighted by Gasteiger charge is -2.19. The Morgan fingerprint density at radius 2 is 1.62 bits per heavy atom. The van der Waals surface area contributed by atoms with E-state index >= 15 is 0 Å². The molecule has 1 rings (SSSR count). The highest BCUT2D eigenvalue weighted by Gasteiger charge is 2.27. The predicted octanol–water partition coefficient (Wildman–Crippen LogP) is -1.19. The number of rotatable bonds is 9. The van der Waals surface area contributed by atoms with Gasteiger partial charge in [-0.05, 0) is 31.0 Å². The third-order valence-electron chi connectivity index (χ3n) is 3.47. The molecule has 0 radical (unpaired) electrons. The molecule has 2 amide bonds. The molecule has 3 atom stereocenters. The fourth-order valence-electron chi connectivity index (χ4n) is 2.04. The van der Waals surface area contributed by atoms with Gasteiger partial charge in [0, 0.05) is 0 Å². The standard InChI is InChI=1S/C16H21N3O7/c1-8(14(23)19-12(16(25)26)7-13(21)22)18-15(24)11(17)6-9-2-4-10(20)5-3-9/h2-5,8,11-12,20H,6-7,17H2,1H3,(H,18,24)(H,19,23)(H,21,22)(H,25,26). The zero-order valence-electron chi connectivity index (χ0n) is 14.0. The summed E-state index contributed by atoms with van der Waals surface area (Å²) in [6, 6.07) is 2.41. The molecule has 10 nitrogen and oxygen atoms in total. The molecule has 142 valence electrons. The largest absolute Gasteiger partial charge is 0.508 e. The first kappa shape index (κ1) is 20.9. The minimum Gasteiger partial charge on any atom is -0.508 e. The van der Waals surface area contributed by atoms with Gasteiger partial charge in [-0.3, -0.25) is 14.4 Å². The van der Waals surface area contributed by atoms with E-state index in [2.05, 4.69) is 5.32 Å². The fraction of sp³-hybridized carbons (Fsp3) is 0.375. The second-order valence-corrected chi connectivity index (χ2v) is 5.70. The number of aliphatic carboxylic acids is 2. The Balaban J connectivity index is 2.58. The van der Waals surface area contributed by atoms with Crippen molar-refractivity contribution in [3.05, 3.63) is 29.8 Å². The van der Waals surface area contributed by atoms with Gasteiger partial charge in [0.1, 0.15) is 17.8 Å².